The van der Waals surface area contributed by atoms with Gasteiger partial charge < -0.3 is 14.2 Å². The predicted octanol–water partition coefficient (Wildman–Crippen LogP) is 4.98. The molecule has 0 N–H and O–H groups in total. The Bertz CT molecular complexity index is 2160. The number of thiazole rings is 1. The van der Waals surface area contributed by atoms with Crippen molar-refractivity contribution in [1.29, 1.82) is 0 Å². The molecule has 1 atom stereocenters. The molecule has 0 saturated heterocycles. The molecule has 6 rings (SSSR count). The number of ether oxygens (including phenoxy) is 3. The molecule has 10 nitrogen and oxygen atoms in total. The van der Waals surface area contributed by atoms with Gasteiger partial charge in [-0.05, 0) is 80.9 Å². The van der Waals surface area contributed by atoms with E-state index < -0.39 is 18.0 Å². The SMILES string of the molecule is CCOC(=O)C1=C(C)N=c2s/c(=C/c3cn(-c4ccccc4)nc3-c3ccc(OCC)cc3)c(=O)n2[C@H]1c1ccc(OC(C)=O)cc1. The van der Waals surface area contributed by atoms with Crippen LogP contribution in [0.1, 0.15) is 44.9 Å². The van der Waals surface area contributed by atoms with Crippen LogP contribution >= 0.6 is 11.3 Å². The summed E-state index contributed by atoms with van der Waals surface area (Å²) in [7, 11) is 0. The maximum atomic E-state index is 14.3. The highest BCUT2D eigenvalue weighted by Gasteiger charge is 2.33. The van der Waals surface area contributed by atoms with Crippen molar-refractivity contribution in [2.45, 2.75) is 33.7 Å². The van der Waals surface area contributed by atoms with Gasteiger partial charge in [-0.15, -0.1) is 0 Å². The molecule has 0 spiro atoms. The molecule has 5 aromatic rings. The number of esters is 2. The first kappa shape index (κ1) is 31.4. The van der Waals surface area contributed by atoms with Gasteiger partial charge in [0.05, 0.1) is 40.7 Å². The normalized spacial score (nSPS) is 14.4. The van der Waals surface area contributed by atoms with E-state index in [1.165, 1.54) is 22.8 Å². The fraction of sp³-hybridized carbons (Fsp3) is 0.194. The molecular formula is C36H32N4O6S. The number of nitrogens with zero attached hydrogens (tertiary/aromatic N) is 4. The standard InChI is InChI=1S/C36H32N4O6S/c1-5-44-28-16-12-24(13-17-28)32-26(21-39(38-32)27-10-8-7-9-11-27)20-30-34(42)40-33(25-14-18-29(19-15-25)46-23(4)41)31(35(43)45-6-2)22(3)37-36(40)47-30/h7-21,33H,5-6H2,1-4H3/b30-20+/t33-/m0/s1. The van der Waals surface area contributed by atoms with Gasteiger partial charge in [-0.25, -0.2) is 14.5 Å². The average molecular weight is 649 g/mol. The summed E-state index contributed by atoms with van der Waals surface area (Å²) < 4.78 is 20.0. The Morgan fingerprint density at radius 3 is 2.30 bits per heavy atom. The third-order valence-electron chi connectivity index (χ3n) is 7.46. The maximum Gasteiger partial charge on any atom is 0.338 e. The Morgan fingerprint density at radius 2 is 1.64 bits per heavy atom. The van der Waals surface area contributed by atoms with Gasteiger partial charge in [0.15, 0.2) is 4.80 Å². The van der Waals surface area contributed by atoms with E-state index in [9.17, 15) is 14.4 Å². The molecule has 11 heteroatoms. The number of carbonyl (C=O) groups excluding carboxylic acids is 2. The zero-order valence-corrected chi connectivity index (χ0v) is 27.1. The lowest BCUT2D eigenvalue weighted by Crippen LogP contribution is -2.39. The van der Waals surface area contributed by atoms with Crippen LogP contribution < -0.4 is 24.4 Å². The molecule has 0 bridgehead atoms. The minimum Gasteiger partial charge on any atom is -0.494 e. The number of para-hydroxylation sites is 1. The third kappa shape index (κ3) is 6.43. The molecule has 1 aliphatic heterocycles. The molecule has 0 radical (unpaired) electrons. The molecule has 0 unspecified atom stereocenters. The van der Waals surface area contributed by atoms with Gasteiger partial charge in [0.25, 0.3) is 5.56 Å². The van der Waals surface area contributed by atoms with Crippen LogP contribution in [0.5, 0.6) is 11.5 Å². The number of benzene rings is 3. The Labute approximate surface area is 274 Å². The Hall–Kier alpha value is -5.55. The number of aromatic nitrogens is 3. The summed E-state index contributed by atoms with van der Waals surface area (Å²) in [4.78, 5) is 44.2. The van der Waals surface area contributed by atoms with Crippen molar-refractivity contribution < 1.29 is 23.8 Å². The van der Waals surface area contributed by atoms with E-state index in [4.69, 9.17) is 19.3 Å². The van der Waals surface area contributed by atoms with Crippen molar-refractivity contribution in [3.63, 3.8) is 0 Å². The van der Waals surface area contributed by atoms with E-state index in [1.54, 1.807) is 42.8 Å². The second-order valence-electron chi connectivity index (χ2n) is 10.6. The summed E-state index contributed by atoms with van der Waals surface area (Å²) >= 11 is 1.23. The van der Waals surface area contributed by atoms with Crippen molar-refractivity contribution in [1.82, 2.24) is 14.3 Å². The van der Waals surface area contributed by atoms with Crippen LogP contribution in [0, 0.1) is 0 Å². The first-order valence-electron chi connectivity index (χ1n) is 15.1. The lowest BCUT2D eigenvalue weighted by Gasteiger charge is -2.24. The summed E-state index contributed by atoms with van der Waals surface area (Å²) in [6.07, 6.45) is 3.70. The van der Waals surface area contributed by atoms with Crippen molar-refractivity contribution in [2.75, 3.05) is 13.2 Å². The van der Waals surface area contributed by atoms with Gasteiger partial charge in [0, 0.05) is 24.2 Å². The van der Waals surface area contributed by atoms with Gasteiger partial charge in [-0.1, -0.05) is 41.7 Å². The van der Waals surface area contributed by atoms with E-state index in [1.807, 2.05) is 73.8 Å². The second-order valence-corrected chi connectivity index (χ2v) is 11.6. The summed E-state index contributed by atoms with van der Waals surface area (Å²) in [5.41, 5.74) is 4.17. The molecule has 0 amide bonds. The molecule has 238 valence electrons. The van der Waals surface area contributed by atoms with E-state index in [0.717, 1.165) is 22.6 Å². The summed E-state index contributed by atoms with van der Waals surface area (Å²) in [6.45, 7) is 7.44. The van der Waals surface area contributed by atoms with Crippen molar-refractivity contribution in [2.24, 2.45) is 4.99 Å². The number of hydrogen-bond donors (Lipinski definition) is 0. The van der Waals surface area contributed by atoms with Crippen LogP contribution in [-0.4, -0.2) is 39.5 Å². The van der Waals surface area contributed by atoms with Crippen LogP contribution in [0.2, 0.25) is 0 Å². The summed E-state index contributed by atoms with van der Waals surface area (Å²) in [6, 6.07) is 23.3. The van der Waals surface area contributed by atoms with Crippen LogP contribution in [0.25, 0.3) is 23.0 Å². The first-order valence-corrected chi connectivity index (χ1v) is 16.0. The predicted molar refractivity (Wildman–Crippen MR) is 178 cm³/mol. The smallest absolute Gasteiger partial charge is 0.338 e. The number of allylic oxidation sites excluding steroid dienone is 1. The zero-order valence-electron chi connectivity index (χ0n) is 26.3. The zero-order chi connectivity index (χ0) is 33.1. The van der Waals surface area contributed by atoms with Crippen LogP contribution in [0.15, 0.2) is 106 Å². The molecule has 1 aliphatic rings. The highest BCUT2D eigenvalue weighted by Crippen LogP contribution is 2.32. The van der Waals surface area contributed by atoms with Gasteiger partial charge in [0.2, 0.25) is 0 Å². The van der Waals surface area contributed by atoms with Crippen LogP contribution in [0.4, 0.5) is 0 Å². The lowest BCUT2D eigenvalue weighted by atomic mass is 9.96. The van der Waals surface area contributed by atoms with E-state index in [0.29, 0.717) is 38.6 Å². The molecule has 3 heterocycles. The van der Waals surface area contributed by atoms with Gasteiger partial charge in [-0.2, -0.15) is 5.10 Å². The summed E-state index contributed by atoms with van der Waals surface area (Å²) in [5.74, 6) is 0.0967. The summed E-state index contributed by atoms with van der Waals surface area (Å²) in [5, 5.41) is 4.90. The third-order valence-corrected chi connectivity index (χ3v) is 8.45. The number of hydrogen-bond acceptors (Lipinski definition) is 9. The monoisotopic (exact) mass is 648 g/mol. The van der Waals surface area contributed by atoms with Crippen molar-refractivity contribution in [3.8, 4) is 28.4 Å². The number of fused-ring (bicyclic) bond motifs is 1. The first-order chi connectivity index (χ1) is 22.8. The Kier molecular flexibility index (Phi) is 8.99. The Morgan fingerprint density at radius 1 is 0.936 bits per heavy atom. The quantitative estimate of drug-likeness (QED) is 0.164. The molecule has 0 saturated carbocycles. The van der Waals surface area contributed by atoms with Crippen molar-refractivity contribution in [3.05, 3.63) is 127 Å². The van der Waals surface area contributed by atoms with Crippen molar-refractivity contribution >= 4 is 29.4 Å². The second kappa shape index (κ2) is 13.4. The lowest BCUT2D eigenvalue weighted by molar-refractivity contribution is -0.139. The number of carbonyl (C=O) groups is 2. The van der Waals surface area contributed by atoms with E-state index in [-0.39, 0.29) is 17.7 Å². The van der Waals surface area contributed by atoms with Crippen LogP contribution in [-0.2, 0) is 14.3 Å². The highest BCUT2D eigenvalue weighted by molar-refractivity contribution is 7.07. The molecule has 47 heavy (non-hydrogen) atoms. The average Bonchev–Trinajstić information content (AvgIpc) is 3.62. The van der Waals surface area contributed by atoms with Crippen LogP contribution in [0.3, 0.4) is 0 Å². The largest absolute Gasteiger partial charge is 0.494 e. The maximum absolute atomic E-state index is 14.3. The fourth-order valence-electron chi connectivity index (χ4n) is 5.44. The van der Waals surface area contributed by atoms with E-state index in [2.05, 4.69) is 4.99 Å². The highest BCUT2D eigenvalue weighted by atomic mass is 32.1. The minimum atomic E-state index is -0.809. The molecular weight excluding hydrogens is 616 g/mol. The van der Waals surface area contributed by atoms with Gasteiger partial charge in [0.1, 0.15) is 17.2 Å². The minimum absolute atomic E-state index is 0.165. The topological polar surface area (TPSA) is 114 Å². The number of rotatable bonds is 9. The Balaban J connectivity index is 1.52. The molecule has 2 aromatic heterocycles. The van der Waals surface area contributed by atoms with E-state index >= 15 is 0 Å². The molecule has 0 fully saturated rings. The molecule has 0 aliphatic carbocycles. The van der Waals surface area contributed by atoms with Gasteiger partial charge in [-0.3, -0.25) is 14.2 Å². The fourth-order valence-corrected chi connectivity index (χ4v) is 6.48. The van der Waals surface area contributed by atoms with Gasteiger partial charge >= 0.3 is 11.9 Å². The molecule has 3 aromatic carbocycles.